The first-order chi connectivity index (χ1) is 9.94. The maximum absolute atomic E-state index is 12.3. The molecule has 0 bridgehead atoms. The highest BCUT2D eigenvalue weighted by Gasteiger charge is 2.21. The van der Waals surface area contributed by atoms with Crippen LogP contribution < -0.4 is 11.1 Å². The number of benzene rings is 1. The summed E-state index contributed by atoms with van der Waals surface area (Å²) in [5.41, 5.74) is 8.10. The van der Waals surface area contributed by atoms with Gasteiger partial charge in [-0.1, -0.05) is 17.2 Å². The molecule has 5 heteroatoms. The third-order valence-electron chi connectivity index (χ3n) is 3.79. The molecule has 0 aliphatic carbocycles. The molecule has 2 rings (SSSR count). The molecule has 1 aromatic carbocycles. The molecule has 2 amide bonds. The van der Waals surface area contributed by atoms with Gasteiger partial charge in [0.05, 0.1) is 6.54 Å². The Hall–Kier alpha value is -1.88. The van der Waals surface area contributed by atoms with Crippen LogP contribution in [-0.2, 0) is 4.79 Å². The molecule has 1 fully saturated rings. The number of carbonyl (C=O) groups excluding carboxylic acids is 2. The minimum Gasteiger partial charge on any atom is -0.369 e. The predicted octanol–water partition coefficient (Wildman–Crippen LogP) is 0.983. The molecule has 3 N–H and O–H groups in total. The summed E-state index contributed by atoms with van der Waals surface area (Å²) in [6, 6.07) is 6.04. The monoisotopic (exact) mass is 289 g/mol. The van der Waals surface area contributed by atoms with Crippen molar-refractivity contribution >= 4 is 11.8 Å². The zero-order chi connectivity index (χ0) is 15.4. The van der Waals surface area contributed by atoms with E-state index < -0.39 is 0 Å². The lowest BCUT2D eigenvalue weighted by Gasteiger charge is -2.31. The number of nitrogens with one attached hydrogen (secondary N) is 1. The molecule has 0 unspecified atom stereocenters. The van der Waals surface area contributed by atoms with Crippen LogP contribution in [-0.4, -0.2) is 42.4 Å². The lowest BCUT2D eigenvalue weighted by atomic mass is 10.0. The first-order valence-electron chi connectivity index (χ1n) is 7.34. The molecular formula is C16H23N3O2. The fraction of sp³-hybridized carbons (Fsp3) is 0.500. The van der Waals surface area contributed by atoms with Crippen LogP contribution in [0.3, 0.4) is 0 Å². The van der Waals surface area contributed by atoms with Crippen LogP contribution in [0.5, 0.6) is 0 Å². The molecule has 1 saturated heterocycles. The number of hydrogen-bond acceptors (Lipinski definition) is 3. The maximum atomic E-state index is 12.3. The van der Waals surface area contributed by atoms with Gasteiger partial charge in [-0.05, 0) is 38.8 Å². The topological polar surface area (TPSA) is 75.4 Å². The summed E-state index contributed by atoms with van der Waals surface area (Å²) in [5, 5.41) is 3.08. The number of nitrogens with zero attached hydrogens (tertiary/aromatic N) is 1. The third-order valence-corrected chi connectivity index (χ3v) is 3.79. The summed E-state index contributed by atoms with van der Waals surface area (Å²) in [6.07, 6.45) is 1.70. The molecule has 0 spiro atoms. The Kier molecular flexibility index (Phi) is 4.96. The number of rotatable bonds is 4. The molecule has 1 aromatic rings. The van der Waals surface area contributed by atoms with Crippen LogP contribution in [0, 0.1) is 13.8 Å². The predicted molar refractivity (Wildman–Crippen MR) is 82.0 cm³/mol. The summed E-state index contributed by atoms with van der Waals surface area (Å²) in [4.78, 5) is 25.2. The number of hydrogen-bond donors (Lipinski definition) is 2. The first-order valence-corrected chi connectivity index (χ1v) is 7.34. The van der Waals surface area contributed by atoms with Gasteiger partial charge >= 0.3 is 0 Å². The minimum atomic E-state index is -0.298. The van der Waals surface area contributed by atoms with E-state index >= 15 is 0 Å². The van der Waals surface area contributed by atoms with E-state index in [0.717, 1.165) is 37.1 Å². The highest BCUT2D eigenvalue weighted by atomic mass is 16.2. The fourth-order valence-corrected chi connectivity index (χ4v) is 2.83. The van der Waals surface area contributed by atoms with Gasteiger partial charge in [-0.15, -0.1) is 0 Å². The average molecular weight is 289 g/mol. The number of nitrogens with two attached hydrogens (primary N) is 1. The van der Waals surface area contributed by atoms with Gasteiger partial charge in [-0.2, -0.15) is 0 Å². The normalized spacial score (nSPS) is 16.7. The van der Waals surface area contributed by atoms with Gasteiger partial charge in [0, 0.05) is 24.7 Å². The second kappa shape index (κ2) is 6.72. The van der Waals surface area contributed by atoms with Crippen molar-refractivity contribution in [3.63, 3.8) is 0 Å². The highest BCUT2D eigenvalue weighted by molar-refractivity contribution is 5.94. The molecular weight excluding hydrogens is 266 g/mol. The molecule has 114 valence electrons. The third kappa shape index (κ3) is 4.56. The van der Waals surface area contributed by atoms with Crippen LogP contribution in [0.25, 0.3) is 0 Å². The molecule has 1 aliphatic rings. The summed E-state index contributed by atoms with van der Waals surface area (Å²) in [7, 11) is 0. The van der Waals surface area contributed by atoms with Crippen molar-refractivity contribution in [1.29, 1.82) is 0 Å². The maximum Gasteiger partial charge on any atom is 0.251 e. The zero-order valence-corrected chi connectivity index (χ0v) is 12.7. The summed E-state index contributed by atoms with van der Waals surface area (Å²) < 4.78 is 0. The zero-order valence-electron chi connectivity index (χ0n) is 12.7. The van der Waals surface area contributed by atoms with Crippen molar-refractivity contribution in [2.24, 2.45) is 5.73 Å². The molecule has 5 nitrogen and oxygen atoms in total. The van der Waals surface area contributed by atoms with E-state index in [0.29, 0.717) is 12.1 Å². The second-order valence-corrected chi connectivity index (χ2v) is 5.87. The van der Waals surface area contributed by atoms with Crippen molar-refractivity contribution < 1.29 is 9.59 Å². The molecule has 1 heterocycles. The van der Waals surface area contributed by atoms with Gasteiger partial charge < -0.3 is 11.1 Å². The van der Waals surface area contributed by atoms with E-state index in [-0.39, 0.29) is 17.9 Å². The fourth-order valence-electron chi connectivity index (χ4n) is 2.83. The smallest absolute Gasteiger partial charge is 0.251 e. The quantitative estimate of drug-likeness (QED) is 0.867. The Bertz CT molecular complexity index is 514. The number of piperidine rings is 1. The number of aryl methyl sites for hydroxylation is 2. The minimum absolute atomic E-state index is 0.0184. The van der Waals surface area contributed by atoms with E-state index in [1.54, 1.807) is 0 Å². The van der Waals surface area contributed by atoms with Crippen molar-refractivity contribution in [3.05, 3.63) is 34.9 Å². The summed E-state index contributed by atoms with van der Waals surface area (Å²) in [5.74, 6) is -0.317. The molecule has 0 saturated carbocycles. The molecule has 0 aromatic heterocycles. The van der Waals surface area contributed by atoms with Gasteiger partial charge in [-0.3, -0.25) is 14.5 Å². The molecule has 0 radical (unpaired) electrons. The Morgan fingerprint density at radius 3 is 2.29 bits per heavy atom. The van der Waals surface area contributed by atoms with Gasteiger partial charge in [0.2, 0.25) is 5.91 Å². The standard InChI is InChI=1S/C16H23N3O2/c1-11-7-12(2)9-13(8-11)16(21)18-14-3-5-19(6-4-14)10-15(17)20/h7-9,14H,3-6,10H2,1-2H3,(H2,17,20)(H,18,21). The Labute approximate surface area is 125 Å². The van der Waals surface area contributed by atoms with Crippen LogP contribution >= 0.6 is 0 Å². The highest BCUT2D eigenvalue weighted by Crippen LogP contribution is 2.13. The Morgan fingerprint density at radius 1 is 1.19 bits per heavy atom. The van der Waals surface area contributed by atoms with E-state index in [2.05, 4.69) is 11.4 Å². The number of primary amides is 1. The first kappa shape index (κ1) is 15.5. The van der Waals surface area contributed by atoms with Crippen molar-refractivity contribution in [3.8, 4) is 0 Å². The molecule has 0 atom stereocenters. The van der Waals surface area contributed by atoms with E-state index in [4.69, 9.17) is 5.73 Å². The number of carbonyl (C=O) groups is 2. The molecule has 1 aliphatic heterocycles. The Balaban J connectivity index is 1.88. The van der Waals surface area contributed by atoms with Crippen LogP contribution in [0.2, 0.25) is 0 Å². The molecule has 21 heavy (non-hydrogen) atoms. The van der Waals surface area contributed by atoms with E-state index in [9.17, 15) is 9.59 Å². The van der Waals surface area contributed by atoms with E-state index in [1.165, 1.54) is 0 Å². The van der Waals surface area contributed by atoms with Gasteiger partial charge in [0.1, 0.15) is 0 Å². The van der Waals surface area contributed by atoms with Crippen LogP contribution in [0.1, 0.15) is 34.3 Å². The van der Waals surface area contributed by atoms with Gasteiger partial charge in [0.25, 0.3) is 5.91 Å². The lowest BCUT2D eigenvalue weighted by Crippen LogP contribution is -2.46. The second-order valence-electron chi connectivity index (χ2n) is 5.87. The number of amides is 2. The van der Waals surface area contributed by atoms with Gasteiger partial charge in [0.15, 0.2) is 0 Å². The Morgan fingerprint density at radius 2 is 1.76 bits per heavy atom. The van der Waals surface area contributed by atoms with Crippen molar-refractivity contribution in [2.45, 2.75) is 32.7 Å². The summed E-state index contributed by atoms with van der Waals surface area (Å²) >= 11 is 0. The largest absolute Gasteiger partial charge is 0.369 e. The van der Waals surface area contributed by atoms with Crippen LogP contribution in [0.4, 0.5) is 0 Å². The van der Waals surface area contributed by atoms with E-state index in [1.807, 2.05) is 30.9 Å². The van der Waals surface area contributed by atoms with Crippen LogP contribution in [0.15, 0.2) is 18.2 Å². The van der Waals surface area contributed by atoms with Crippen molar-refractivity contribution in [1.82, 2.24) is 10.2 Å². The summed E-state index contributed by atoms with van der Waals surface area (Å²) in [6.45, 7) is 5.87. The SMILES string of the molecule is Cc1cc(C)cc(C(=O)NC2CCN(CC(N)=O)CC2)c1. The van der Waals surface area contributed by atoms with Gasteiger partial charge in [-0.25, -0.2) is 0 Å². The number of likely N-dealkylation sites (tertiary alicyclic amines) is 1. The van der Waals surface area contributed by atoms with Crippen molar-refractivity contribution in [2.75, 3.05) is 19.6 Å². The average Bonchev–Trinajstić information content (AvgIpc) is 2.39. The lowest BCUT2D eigenvalue weighted by molar-refractivity contribution is -0.119.